The van der Waals surface area contributed by atoms with Gasteiger partial charge in [0.25, 0.3) is 0 Å². The monoisotopic (exact) mass is 366 g/mol. The molecule has 1 aromatic heterocycles. The zero-order chi connectivity index (χ0) is 12.4. The summed E-state index contributed by atoms with van der Waals surface area (Å²) in [6.07, 6.45) is 6.76. The molecule has 1 fully saturated rings. The van der Waals surface area contributed by atoms with Crippen molar-refractivity contribution in [1.29, 1.82) is 0 Å². The van der Waals surface area contributed by atoms with Crippen LogP contribution in [0.25, 0.3) is 11.0 Å². The lowest BCUT2D eigenvalue weighted by Gasteiger charge is -2.21. The third kappa shape index (κ3) is 2.77. The number of hydrogen-bond donors (Lipinski definition) is 1. The van der Waals surface area contributed by atoms with E-state index in [1.54, 1.807) is 0 Å². The molecule has 1 aromatic rings. The summed E-state index contributed by atoms with van der Waals surface area (Å²) in [4.78, 5) is 9.45. The zero-order valence-electron chi connectivity index (χ0n) is 10.3. The van der Waals surface area contributed by atoms with Crippen molar-refractivity contribution in [1.82, 2.24) is 13.1 Å². The van der Waals surface area contributed by atoms with Gasteiger partial charge in [-0.05, 0) is 32.0 Å². The second kappa shape index (κ2) is 5.96. The van der Waals surface area contributed by atoms with Crippen LogP contribution in [0.5, 0.6) is 0 Å². The van der Waals surface area contributed by atoms with E-state index in [1.165, 1.54) is 18.2 Å². The largest absolute Gasteiger partial charge is 0.317 e. The van der Waals surface area contributed by atoms with Crippen molar-refractivity contribution in [3.05, 3.63) is 21.7 Å². The van der Waals surface area contributed by atoms with E-state index in [0.29, 0.717) is 5.82 Å². The van der Waals surface area contributed by atoms with Crippen molar-refractivity contribution in [2.24, 2.45) is 0 Å². The van der Waals surface area contributed by atoms with Crippen molar-refractivity contribution in [2.45, 2.75) is 18.7 Å². The van der Waals surface area contributed by atoms with Crippen LogP contribution in [0.3, 0.4) is 0 Å². The first-order chi connectivity index (χ1) is 8.84. The molecule has 0 aliphatic carbocycles. The fourth-order valence-electron chi connectivity index (χ4n) is 2.50. The van der Waals surface area contributed by atoms with E-state index in [-0.39, 0.29) is 15.2 Å². The molecular formula is C12H15AlBIN3. The van der Waals surface area contributed by atoms with E-state index in [4.69, 9.17) is 4.98 Å². The molecule has 0 unspecified atom stereocenters. The van der Waals surface area contributed by atoms with Gasteiger partial charge in [0, 0.05) is 0 Å². The van der Waals surface area contributed by atoms with E-state index in [1.807, 2.05) is 0 Å². The van der Waals surface area contributed by atoms with E-state index in [0.717, 1.165) is 24.2 Å². The molecule has 0 saturated carbocycles. The van der Waals surface area contributed by atoms with Gasteiger partial charge in [0.15, 0.2) is 0 Å². The maximum absolute atomic E-state index is 4.77. The Morgan fingerprint density at radius 3 is 3.11 bits per heavy atom. The van der Waals surface area contributed by atoms with Gasteiger partial charge >= 0.3 is 15.2 Å². The maximum atomic E-state index is 4.77. The highest BCUT2D eigenvalue weighted by Crippen LogP contribution is 2.15. The predicted molar refractivity (Wildman–Crippen MR) is 87.4 cm³/mol. The van der Waals surface area contributed by atoms with Crippen molar-refractivity contribution < 1.29 is 0 Å². The summed E-state index contributed by atoms with van der Waals surface area (Å²) < 4.78 is 2.23. The van der Waals surface area contributed by atoms with Crippen molar-refractivity contribution in [2.75, 3.05) is 13.1 Å². The average molecular weight is 366 g/mol. The summed E-state index contributed by atoms with van der Waals surface area (Å²) in [5.41, 5.74) is 1.13. The number of allylic oxidation sites excluding steroid dienone is 1. The van der Waals surface area contributed by atoms with Gasteiger partial charge in [0.05, 0.1) is 39.3 Å². The van der Waals surface area contributed by atoms with Crippen molar-refractivity contribution in [3.8, 4) is 0 Å². The quantitative estimate of drug-likeness (QED) is 0.542. The van der Waals surface area contributed by atoms with Crippen LogP contribution in [-0.4, -0.2) is 43.4 Å². The second-order valence-corrected chi connectivity index (χ2v) is 7.13. The van der Waals surface area contributed by atoms with Crippen molar-refractivity contribution in [3.63, 3.8) is 0 Å². The van der Waals surface area contributed by atoms with Crippen LogP contribution in [0.4, 0.5) is 0 Å². The zero-order valence-corrected chi connectivity index (χ0v) is 13.8. The molecule has 2 aliphatic rings. The van der Waals surface area contributed by atoms with Gasteiger partial charge in [0.2, 0.25) is 7.28 Å². The SMILES string of the molecule is In1c([B]C2CCNCC2)nc2c1=[CH][AlH][CH]=CC=2. The van der Waals surface area contributed by atoms with Crippen LogP contribution in [0.1, 0.15) is 12.8 Å². The second-order valence-electron chi connectivity index (χ2n) is 4.81. The Morgan fingerprint density at radius 2 is 2.28 bits per heavy atom. The Balaban J connectivity index is 1.89. The summed E-state index contributed by atoms with van der Waals surface area (Å²) in [6, 6.07) is 0. The van der Waals surface area contributed by atoms with Gasteiger partial charge < -0.3 is 5.32 Å². The lowest BCUT2D eigenvalue weighted by Crippen LogP contribution is -2.35. The number of piperidine rings is 1. The maximum Gasteiger partial charge on any atom is 0.305 e. The number of nitrogens with one attached hydrogen (secondary N) is 1. The van der Waals surface area contributed by atoms with Crippen LogP contribution in [-0.2, 0) is 0 Å². The first-order valence-electron chi connectivity index (χ1n) is 6.52. The Kier molecular flexibility index (Phi) is 4.30. The lowest BCUT2D eigenvalue weighted by molar-refractivity contribution is 0.518. The highest BCUT2D eigenvalue weighted by atomic mass is 127. The van der Waals surface area contributed by atoms with Crippen LogP contribution in [0.2, 0.25) is 5.82 Å². The molecule has 6 heteroatoms. The lowest BCUT2D eigenvalue weighted by atomic mass is 9.60. The minimum absolute atomic E-state index is 0.200. The molecule has 0 atom stereocenters. The highest BCUT2D eigenvalue weighted by Gasteiger charge is 2.18. The Hall–Kier alpha value is -0.0226. The average Bonchev–Trinajstić information content (AvgIpc) is 2.58. The van der Waals surface area contributed by atoms with Gasteiger partial charge in [0.1, 0.15) is 0 Å². The number of fused-ring (bicyclic) bond motifs is 1. The van der Waals surface area contributed by atoms with Gasteiger partial charge in [-0.2, -0.15) is 0 Å². The molecule has 1 N–H and O–H groups in total. The number of imidazole rings is 1. The molecule has 0 aromatic carbocycles. The van der Waals surface area contributed by atoms with E-state index in [9.17, 15) is 0 Å². The number of nitrogens with zero attached hydrogens (tertiary/aromatic N) is 2. The molecule has 0 amide bonds. The third-order valence-electron chi connectivity index (χ3n) is 3.52. The molecule has 3 rings (SSSR count). The van der Waals surface area contributed by atoms with E-state index < -0.39 is 0 Å². The molecule has 91 valence electrons. The number of hydrogen-bond acceptors (Lipinski definition) is 2. The molecule has 3 heterocycles. The fourth-order valence-corrected chi connectivity index (χ4v) is 4.63. The van der Waals surface area contributed by atoms with Gasteiger partial charge in [-0.25, -0.2) is 4.98 Å². The van der Waals surface area contributed by atoms with Crippen molar-refractivity contribution >= 4 is 62.1 Å². The molecule has 18 heavy (non-hydrogen) atoms. The van der Waals surface area contributed by atoms with Crippen LogP contribution < -0.4 is 21.7 Å². The number of rotatable bonds is 2. The standard InChI is InChI=1S/C12H14BIN3.Al.H/c1-3-4-11-9(2)17(14)12(16-11)13-10-5-7-15-8-6-10;;/h1-4,10,15H,5-8H2;;. The summed E-state index contributed by atoms with van der Waals surface area (Å²) >= 11 is 2.18. The van der Waals surface area contributed by atoms with Gasteiger partial charge in [-0.3, -0.25) is 2.78 Å². The summed E-state index contributed by atoms with van der Waals surface area (Å²) in [7, 11) is 2.36. The smallest absolute Gasteiger partial charge is 0.305 e. The predicted octanol–water partition coefficient (Wildman–Crippen LogP) is -0.935. The topological polar surface area (TPSA) is 29.9 Å². The molecular weight excluding hydrogens is 351 g/mol. The van der Waals surface area contributed by atoms with Gasteiger partial charge in [-0.15, -0.1) is 9.88 Å². The summed E-state index contributed by atoms with van der Waals surface area (Å²) in [5, 5.41) is 5.84. The van der Waals surface area contributed by atoms with Crippen LogP contribution in [0, 0.1) is 0 Å². The Labute approximate surface area is 128 Å². The summed E-state index contributed by atoms with van der Waals surface area (Å²) in [6.45, 7) is 2.27. The molecule has 0 spiro atoms. The van der Waals surface area contributed by atoms with E-state index in [2.05, 4.69) is 60.3 Å². The van der Waals surface area contributed by atoms with Crippen LogP contribution in [0.15, 0.2) is 11.0 Å². The Bertz CT molecular complexity index is 575. The molecule has 2 aliphatic heterocycles. The number of halogens is 1. The first kappa shape index (κ1) is 13.0. The summed E-state index contributed by atoms with van der Waals surface area (Å²) in [5.74, 6) is 0.679. The minimum Gasteiger partial charge on any atom is -0.317 e. The molecule has 1 radical (unpaired) electrons. The van der Waals surface area contributed by atoms with Gasteiger partial charge in [-0.1, -0.05) is 11.9 Å². The third-order valence-corrected chi connectivity index (χ3v) is 5.70. The van der Waals surface area contributed by atoms with Crippen LogP contribution >= 0.6 is 22.9 Å². The molecule has 1 saturated heterocycles. The number of aromatic nitrogens is 2. The molecule has 3 nitrogen and oxygen atoms in total. The fraction of sp³-hybridized carbons (Fsp3) is 0.417. The van der Waals surface area contributed by atoms with E-state index >= 15 is 0 Å². The first-order valence-corrected chi connectivity index (χ1v) is 9.12. The molecule has 0 bridgehead atoms. The Morgan fingerprint density at radius 1 is 1.44 bits per heavy atom. The normalized spacial score (nSPS) is 19.2. The highest BCUT2D eigenvalue weighted by molar-refractivity contribution is 14.1. The minimum atomic E-state index is -0.200.